The van der Waals surface area contributed by atoms with E-state index in [0.29, 0.717) is 0 Å². The molecule has 0 bridgehead atoms. The molecule has 0 spiro atoms. The number of Topliss-reactive ketones (excluding diaryl/α,β-unsaturated/α-hetero) is 1. The van der Waals surface area contributed by atoms with Crippen LogP contribution in [0.4, 0.5) is 0 Å². The van der Waals surface area contributed by atoms with Crippen molar-refractivity contribution >= 4 is 17.9 Å². The Hall–Kier alpha value is -3.01. The predicted molar refractivity (Wildman–Crippen MR) is 128 cm³/mol. The minimum atomic E-state index is 0.140. The minimum Gasteiger partial charge on any atom is -0.494 e. The molecule has 4 heteroatoms. The van der Waals surface area contributed by atoms with Gasteiger partial charge >= 0.3 is 0 Å². The number of allylic oxidation sites excluding steroid dienone is 2. The Morgan fingerprint density at radius 3 is 2.31 bits per heavy atom. The van der Waals surface area contributed by atoms with Gasteiger partial charge in [-0.3, -0.25) is 4.79 Å². The lowest BCUT2D eigenvalue weighted by Gasteiger charge is -2.17. The van der Waals surface area contributed by atoms with E-state index in [2.05, 4.69) is 6.92 Å². The number of ether oxygens (including phenoxy) is 3. The number of carbonyl (C=O) groups excluding carboxylic acids is 1. The Bertz CT molecular complexity index is 985. The van der Waals surface area contributed by atoms with E-state index in [1.165, 1.54) is 25.7 Å². The van der Waals surface area contributed by atoms with Crippen LogP contribution in [0.1, 0.15) is 69.4 Å². The molecule has 0 amide bonds. The first-order valence-corrected chi connectivity index (χ1v) is 11.8. The van der Waals surface area contributed by atoms with Crippen molar-refractivity contribution in [3.05, 3.63) is 64.7 Å². The first-order valence-electron chi connectivity index (χ1n) is 11.8. The highest BCUT2D eigenvalue weighted by atomic mass is 16.7. The van der Waals surface area contributed by atoms with Crippen LogP contribution in [-0.2, 0) is 4.79 Å². The van der Waals surface area contributed by atoms with Gasteiger partial charge in [-0.15, -0.1) is 0 Å². The zero-order chi connectivity index (χ0) is 22.2. The molecule has 168 valence electrons. The molecule has 4 rings (SSSR count). The van der Waals surface area contributed by atoms with Crippen LogP contribution < -0.4 is 14.2 Å². The molecular formula is C28H32O4. The van der Waals surface area contributed by atoms with Gasteiger partial charge in [0.15, 0.2) is 17.3 Å². The van der Waals surface area contributed by atoms with Gasteiger partial charge in [-0.1, -0.05) is 50.8 Å². The van der Waals surface area contributed by atoms with Crippen LogP contribution in [0.15, 0.2) is 53.6 Å². The van der Waals surface area contributed by atoms with Crippen molar-refractivity contribution in [2.75, 3.05) is 13.4 Å². The molecule has 0 saturated heterocycles. The second kappa shape index (κ2) is 11.0. The highest BCUT2D eigenvalue weighted by Crippen LogP contribution is 2.34. The molecule has 1 aliphatic carbocycles. The van der Waals surface area contributed by atoms with Crippen LogP contribution >= 0.6 is 0 Å². The molecule has 0 aromatic heterocycles. The van der Waals surface area contributed by atoms with E-state index in [4.69, 9.17) is 14.2 Å². The normalized spacial score (nSPS) is 17.8. The van der Waals surface area contributed by atoms with Gasteiger partial charge in [-0.2, -0.15) is 0 Å². The van der Waals surface area contributed by atoms with E-state index in [0.717, 1.165) is 71.8 Å². The van der Waals surface area contributed by atoms with Crippen molar-refractivity contribution in [3.8, 4) is 17.2 Å². The second-order valence-electron chi connectivity index (χ2n) is 8.47. The molecule has 2 aromatic rings. The molecule has 1 fully saturated rings. The van der Waals surface area contributed by atoms with Crippen LogP contribution in [0.2, 0.25) is 0 Å². The summed E-state index contributed by atoms with van der Waals surface area (Å²) in [6, 6.07) is 13.8. The van der Waals surface area contributed by atoms with Gasteiger partial charge in [0.1, 0.15) is 5.75 Å². The average Bonchev–Trinajstić information content (AvgIpc) is 3.28. The third-order valence-electron chi connectivity index (χ3n) is 5.95. The van der Waals surface area contributed by atoms with Crippen molar-refractivity contribution in [1.82, 2.24) is 0 Å². The molecule has 2 aliphatic rings. The van der Waals surface area contributed by atoms with Crippen molar-refractivity contribution in [1.29, 1.82) is 0 Å². The van der Waals surface area contributed by atoms with Gasteiger partial charge < -0.3 is 14.2 Å². The Morgan fingerprint density at radius 2 is 1.53 bits per heavy atom. The molecule has 1 heterocycles. The van der Waals surface area contributed by atoms with Crippen molar-refractivity contribution in [3.63, 3.8) is 0 Å². The maximum atomic E-state index is 13.1. The summed E-state index contributed by atoms with van der Waals surface area (Å²) in [5.74, 6) is 2.52. The Balaban J connectivity index is 1.36. The van der Waals surface area contributed by atoms with Gasteiger partial charge in [-0.25, -0.2) is 0 Å². The molecule has 0 atom stereocenters. The van der Waals surface area contributed by atoms with Crippen LogP contribution in [0.5, 0.6) is 17.2 Å². The van der Waals surface area contributed by atoms with Gasteiger partial charge in [0.05, 0.1) is 6.61 Å². The van der Waals surface area contributed by atoms with Crippen molar-refractivity contribution < 1.29 is 19.0 Å². The van der Waals surface area contributed by atoms with Crippen LogP contribution in [0, 0.1) is 0 Å². The first-order chi connectivity index (χ1) is 15.7. The Kier molecular flexibility index (Phi) is 7.65. The molecule has 1 saturated carbocycles. The Labute approximate surface area is 190 Å². The van der Waals surface area contributed by atoms with Crippen LogP contribution in [0.3, 0.4) is 0 Å². The van der Waals surface area contributed by atoms with Gasteiger partial charge in [0.25, 0.3) is 0 Å². The van der Waals surface area contributed by atoms with Crippen molar-refractivity contribution in [2.24, 2.45) is 0 Å². The third-order valence-corrected chi connectivity index (χ3v) is 5.95. The molecule has 0 N–H and O–H groups in total. The van der Waals surface area contributed by atoms with Gasteiger partial charge in [-0.05, 0) is 73.2 Å². The molecule has 2 aromatic carbocycles. The Morgan fingerprint density at radius 1 is 0.844 bits per heavy atom. The lowest BCUT2D eigenvalue weighted by molar-refractivity contribution is -0.112. The SMILES string of the molecule is CCCCCCCOc1ccc(/C=C2/CCC/C(=C/c3ccc4c(c3)OCO4)C2=O)cc1. The number of unbranched alkanes of at least 4 members (excludes halogenated alkanes) is 4. The summed E-state index contributed by atoms with van der Waals surface area (Å²) in [6.07, 6.45) is 12.8. The number of rotatable bonds is 9. The average molecular weight is 433 g/mol. The van der Waals surface area contributed by atoms with E-state index in [1.807, 2.05) is 54.6 Å². The predicted octanol–water partition coefficient (Wildman–Crippen LogP) is 6.98. The summed E-state index contributed by atoms with van der Waals surface area (Å²) >= 11 is 0. The van der Waals surface area contributed by atoms with Gasteiger partial charge in [0.2, 0.25) is 6.79 Å². The van der Waals surface area contributed by atoms with Gasteiger partial charge in [0, 0.05) is 11.1 Å². The molecular weight excluding hydrogens is 400 g/mol. The molecule has 0 unspecified atom stereocenters. The number of fused-ring (bicyclic) bond motifs is 1. The van der Waals surface area contributed by atoms with E-state index in [-0.39, 0.29) is 12.6 Å². The van der Waals surface area contributed by atoms with E-state index in [9.17, 15) is 4.79 Å². The van der Waals surface area contributed by atoms with E-state index < -0.39 is 0 Å². The summed E-state index contributed by atoms with van der Waals surface area (Å²) in [7, 11) is 0. The largest absolute Gasteiger partial charge is 0.494 e. The molecule has 4 nitrogen and oxygen atoms in total. The summed E-state index contributed by atoms with van der Waals surface area (Å²) < 4.78 is 16.7. The highest BCUT2D eigenvalue weighted by molar-refractivity contribution is 6.14. The highest BCUT2D eigenvalue weighted by Gasteiger charge is 2.21. The quantitative estimate of drug-likeness (QED) is 0.317. The number of hydrogen-bond acceptors (Lipinski definition) is 4. The molecule has 0 radical (unpaired) electrons. The van der Waals surface area contributed by atoms with Crippen LogP contribution in [0.25, 0.3) is 12.2 Å². The van der Waals surface area contributed by atoms with E-state index >= 15 is 0 Å². The maximum absolute atomic E-state index is 13.1. The standard InChI is InChI=1S/C28H32O4/c1-2-3-4-5-6-16-30-25-13-10-21(11-14-25)17-23-8-7-9-24(28(23)29)18-22-12-15-26-27(19-22)32-20-31-26/h10-15,17-19H,2-9,16,20H2,1H3/b23-17-,24-18-. The number of carbonyl (C=O) groups is 1. The number of hydrogen-bond donors (Lipinski definition) is 0. The second-order valence-corrected chi connectivity index (χ2v) is 8.47. The fourth-order valence-corrected chi connectivity index (χ4v) is 4.14. The number of ketones is 1. The lowest BCUT2D eigenvalue weighted by atomic mass is 9.87. The smallest absolute Gasteiger partial charge is 0.231 e. The summed E-state index contributed by atoms with van der Waals surface area (Å²) in [4.78, 5) is 13.1. The monoisotopic (exact) mass is 432 g/mol. The minimum absolute atomic E-state index is 0.140. The lowest BCUT2D eigenvalue weighted by Crippen LogP contribution is -2.12. The summed E-state index contributed by atoms with van der Waals surface area (Å²) in [5.41, 5.74) is 3.72. The zero-order valence-corrected chi connectivity index (χ0v) is 18.9. The van der Waals surface area contributed by atoms with Crippen molar-refractivity contribution in [2.45, 2.75) is 58.3 Å². The first kappa shape index (κ1) is 22.2. The summed E-state index contributed by atoms with van der Waals surface area (Å²) in [5, 5.41) is 0. The van der Waals surface area contributed by atoms with Crippen LogP contribution in [-0.4, -0.2) is 19.2 Å². The fraction of sp³-hybridized carbons (Fsp3) is 0.393. The molecule has 32 heavy (non-hydrogen) atoms. The summed E-state index contributed by atoms with van der Waals surface area (Å²) in [6.45, 7) is 3.24. The zero-order valence-electron chi connectivity index (χ0n) is 18.9. The van der Waals surface area contributed by atoms with E-state index in [1.54, 1.807) is 0 Å². The number of benzene rings is 2. The maximum Gasteiger partial charge on any atom is 0.231 e. The fourth-order valence-electron chi connectivity index (χ4n) is 4.14. The third kappa shape index (κ3) is 5.82. The topological polar surface area (TPSA) is 44.8 Å². The molecule has 1 aliphatic heterocycles.